The van der Waals surface area contributed by atoms with E-state index in [2.05, 4.69) is 27.6 Å². The number of methoxy groups -OCH3 is 1. The second-order valence-corrected chi connectivity index (χ2v) is 7.73. The van der Waals surface area contributed by atoms with Crippen LogP contribution in [0.4, 0.5) is 0 Å². The molecule has 8 heteroatoms. The molecule has 2 atom stereocenters. The van der Waals surface area contributed by atoms with Gasteiger partial charge in [-0.3, -0.25) is 9.00 Å². The summed E-state index contributed by atoms with van der Waals surface area (Å²) in [5.74, 6) is 9.27. The number of amides is 1. The molecule has 0 saturated heterocycles. The summed E-state index contributed by atoms with van der Waals surface area (Å²) in [4.78, 5) is 11.9. The molecule has 25 heavy (non-hydrogen) atoms. The molecule has 2 N–H and O–H groups in total. The number of carbonyl (C=O) groups is 1. The van der Waals surface area contributed by atoms with Crippen LogP contribution in [-0.2, 0) is 20.9 Å². The molecule has 0 aliphatic carbocycles. The third kappa shape index (κ3) is 8.01. The summed E-state index contributed by atoms with van der Waals surface area (Å²) in [7, 11) is 4.22. The van der Waals surface area contributed by atoms with E-state index >= 15 is 0 Å². The summed E-state index contributed by atoms with van der Waals surface area (Å²) in [5, 5.41) is 2.79. The lowest BCUT2D eigenvalue weighted by molar-refractivity contribution is -0.122. The molecule has 134 valence electrons. The van der Waals surface area contributed by atoms with Crippen LogP contribution in [0.15, 0.2) is 18.2 Å². The maximum Gasteiger partial charge on any atom is 0.237 e. The first-order chi connectivity index (χ1) is 11.8. The van der Waals surface area contributed by atoms with E-state index in [0.717, 1.165) is 5.56 Å². The Bertz CT molecular complexity index is 754. The van der Waals surface area contributed by atoms with Crippen LogP contribution in [0.2, 0.25) is 0 Å². The average Bonchev–Trinajstić information content (AvgIpc) is 2.54. The van der Waals surface area contributed by atoms with Gasteiger partial charge in [-0.15, -0.1) is 0 Å². The fraction of sp³-hybridized carbons (Fsp3) is 0.412. The molecule has 0 bridgehead atoms. The van der Waals surface area contributed by atoms with Crippen molar-refractivity contribution in [2.75, 3.05) is 26.5 Å². The zero-order chi connectivity index (χ0) is 18.9. The predicted molar refractivity (Wildman–Crippen MR) is 103 cm³/mol. The smallest absolute Gasteiger partial charge is 0.237 e. The van der Waals surface area contributed by atoms with Crippen molar-refractivity contribution in [2.45, 2.75) is 19.4 Å². The normalized spacial score (nSPS) is 13.7. The van der Waals surface area contributed by atoms with Crippen LogP contribution < -0.4 is 19.5 Å². The quantitative estimate of drug-likeness (QED) is 0.371. The third-order valence-corrected chi connectivity index (χ3v) is 4.01. The molecule has 0 heterocycles. The molecule has 2 unspecified atom stereocenters. The molecular formula is C17H23BN2O4S. The Hall–Kier alpha value is -2.11. The Morgan fingerprint density at radius 3 is 2.76 bits per heavy atom. The number of nitrogens with one attached hydrogen (secondary N) is 2. The maximum absolute atomic E-state index is 11.9. The van der Waals surface area contributed by atoms with Crippen molar-refractivity contribution in [3.8, 4) is 23.2 Å². The maximum atomic E-state index is 11.9. The monoisotopic (exact) mass is 362 g/mol. The summed E-state index contributed by atoms with van der Waals surface area (Å²) < 4.78 is 25.0. The highest BCUT2D eigenvalue weighted by Crippen LogP contribution is 2.28. The Balaban J connectivity index is 2.56. The van der Waals surface area contributed by atoms with Crippen molar-refractivity contribution in [1.29, 1.82) is 0 Å². The molecule has 1 aromatic rings. The van der Waals surface area contributed by atoms with Crippen molar-refractivity contribution >= 4 is 29.3 Å². The molecule has 0 saturated carbocycles. The number of hydrogen-bond acceptors (Lipinski definition) is 4. The highest BCUT2D eigenvalue weighted by atomic mass is 32.2. The minimum Gasteiger partial charge on any atom is -0.493 e. The van der Waals surface area contributed by atoms with E-state index in [9.17, 15) is 9.00 Å². The van der Waals surface area contributed by atoms with Gasteiger partial charge in [-0.25, -0.2) is 4.72 Å². The van der Waals surface area contributed by atoms with Gasteiger partial charge < -0.3 is 14.8 Å². The first-order valence-corrected chi connectivity index (χ1v) is 9.75. The van der Waals surface area contributed by atoms with Crippen molar-refractivity contribution < 1.29 is 18.5 Å². The highest BCUT2D eigenvalue weighted by Gasteiger charge is 2.14. The summed E-state index contributed by atoms with van der Waals surface area (Å²) in [6.07, 6.45) is 2.06. The van der Waals surface area contributed by atoms with Crippen molar-refractivity contribution in [3.05, 3.63) is 23.8 Å². The van der Waals surface area contributed by atoms with Crippen molar-refractivity contribution in [2.24, 2.45) is 0 Å². The minimum absolute atomic E-state index is 0.181. The van der Waals surface area contributed by atoms with Gasteiger partial charge in [0.05, 0.1) is 13.2 Å². The van der Waals surface area contributed by atoms with Crippen LogP contribution in [0.5, 0.6) is 11.5 Å². The van der Waals surface area contributed by atoms with Crippen LogP contribution >= 0.6 is 0 Å². The van der Waals surface area contributed by atoms with Gasteiger partial charge in [0.2, 0.25) is 5.91 Å². The topological polar surface area (TPSA) is 76.7 Å². The molecule has 0 aromatic heterocycles. The number of hydrogen-bond donors (Lipinski definition) is 2. The molecule has 1 rings (SSSR count). The third-order valence-electron chi connectivity index (χ3n) is 3.16. The molecule has 0 aliphatic rings. The summed E-state index contributed by atoms with van der Waals surface area (Å²) in [6, 6.07) is 4.93. The number of benzene rings is 1. The number of rotatable bonds is 9. The minimum atomic E-state index is -2.43. The second kappa shape index (κ2) is 10.0. The summed E-state index contributed by atoms with van der Waals surface area (Å²) in [5.41, 5.74) is 0.978. The molecule has 0 spiro atoms. The van der Waals surface area contributed by atoms with Crippen molar-refractivity contribution in [1.82, 2.24) is 10.0 Å². The molecule has 0 aliphatic heterocycles. The first-order valence-electron chi connectivity index (χ1n) is 7.62. The SMILES string of the molecule is [B]C#CCOc1ccc(CCNC(=O)C(C)NS(=C)(C)=O)cc1OC. The molecule has 2 radical (unpaired) electrons. The average molecular weight is 362 g/mol. The van der Waals surface area contributed by atoms with Gasteiger partial charge in [0.15, 0.2) is 19.3 Å². The van der Waals surface area contributed by atoms with Gasteiger partial charge in [0, 0.05) is 22.5 Å². The van der Waals surface area contributed by atoms with Crippen molar-refractivity contribution in [3.63, 3.8) is 0 Å². The fourth-order valence-electron chi connectivity index (χ4n) is 2.05. The van der Waals surface area contributed by atoms with Crippen LogP contribution in [0, 0.1) is 11.7 Å². The lowest BCUT2D eigenvalue weighted by Gasteiger charge is -2.15. The van der Waals surface area contributed by atoms with E-state index < -0.39 is 15.7 Å². The molecule has 1 amide bonds. The van der Waals surface area contributed by atoms with E-state index in [4.69, 9.17) is 17.3 Å². The van der Waals surface area contributed by atoms with Gasteiger partial charge >= 0.3 is 0 Å². The largest absolute Gasteiger partial charge is 0.493 e. The van der Waals surface area contributed by atoms with E-state index in [0.29, 0.717) is 24.5 Å². The summed E-state index contributed by atoms with van der Waals surface area (Å²) >= 11 is 0. The number of carbonyl (C=O) groups excluding carboxylic acids is 1. The van der Waals surface area contributed by atoms with Crippen LogP contribution in [0.3, 0.4) is 0 Å². The molecular weight excluding hydrogens is 339 g/mol. The van der Waals surface area contributed by atoms with E-state index in [1.807, 2.05) is 12.1 Å². The standard InChI is InChI=1S/C17H23BN2O4S/c1-13(20-25(3,4)22)17(21)19-10-8-14-6-7-15(16(12-14)23-2)24-11-5-9-18/h6-7,12-13H,3,8,10-11H2,1-2,4H3,(H,19,21)(H,20,22). The van der Waals surface area contributed by atoms with Gasteiger partial charge in [-0.1, -0.05) is 12.0 Å². The second-order valence-electron chi connectivity index (χ2n) is 5.48. The van der Waals surface area contributed by atoms with E-state index in [1.54, 1.807) is 20.1 Å². The van der Waals surface area contributed by atoms with Gasteiger partial charge in [-0.05, 0) is 36.9 Å². The van der Waals surface area contributed by atoms with Crippen LogP contribution in [0.1, 0.15) is 12.5 Å². The molecule has 6 nitrogen and oxygen atoms in total. The van der Waals surface area contributed by atoms with Gasteiger partial charge in [0.25, 0.3) is 0 Å². The highest BCUT2D eigenvalue weighted by molar-refractivity contribution is 7.97. The fourth-order valence-corrected chi connectivity index (χ4v) is 2.91. The van der Waals surface area contributed by atoms with Crippen LogP contribution in [-0.4, -0.2) is 56.4 Å². The Labute approximate surface area is 151 Å². The van der Waals surface area contributed by atoms with Crippen LogP contribution in [0.25, 0.3) is 0 Å². The van der Waals surface area contributed by atoms with E-state index in [-0.39, 0.29) is 12.5 Å². The predicted octanol–water partition coefficient (Wildman–Crippen LogP) is 0.101. The van der Waals surface area contributed by atoms with Gasteiger partial charge in [-0.2, -0.15) is 5.82 Å². The Kier molecular flexibility index (Phi) is 8.39. The molecule has 1 aromatic carbocycles. The molecule has 0 fully saturated rings. The van der Waals surface area contributed by atoms with Gasteiger partial charge in [0.1, 0.15) is 6.61 Å². The summed E-state index contributed by atoms with van der Waals surface area (Å²) in [6.45, 7) is 2.26. The van der Waals surface area contributed by atoms with E-state index in [1.165, 1.54) is 6.26 Å². The number of ether oxygens (including phenoxy) is 2. The Morgan fingerprint density at radius 2 is 2.16 bits per heavy atom. The zero-order valence-corrected chi connectivity index (χ0v) is 15.6. The first kappa shape index (κ1) is 20.9. The zero-order valence-electron chi connectivity index (χ0n) is 14.8. The lowest BCUT2D eigenvalue weighted by Crippen LogP contribution is -2.44. The lowest BCUT2D eigenvalue weighted by atomic mass is 10.1. The Morgan fingerprint density at radius 1 is 1.44 bits per heavy atom.